The molecule has 0 aromatic rings. The number of nitrogens with two attached hydrogens (primary N) is 2. The second-order valence-corrected chi connectivity index (χ2v) is 9.67. The van der Waals surface area contributed by atoms with E-state index in [1.54, 1.807) is 0 Å². The van der Waals surface area contributed by atoms with Crippen molar-refractivity contribution < 1.29 is 0 Å². The molecule has 2 aliphatic rings. The van der Waals surface area contributed by atoms with E-state index < -0.39 is 0 Å². The predicted molar refractivity (Wildman–Crippen MR) is 123 cm³/mol. The molecule has 0 unspecified atom stereocenters. The van der Waals surface area contributed by atoms with Gasteiger partial charge in [0, 0.05) is 50.3 Å². The number of nitrogens with zero attached hydrogens (tertiary/aromatic N) is 4. The van der Waals surface area contributed by atoms with Gasteiger partial charge in [0.2, 0.25) is 0 Å². The maximum atomic E-state index is 7.52. The first-order chi connectivity index (χ1) is 12.3. The normalized spacial score (nSPS) is 19.9. The maximum Gasteiger partial charge on any atom is 0.186 e. The van der Waals surface area contributed by atoms with Crippen LogP contribution in [0.5, 0.6) is 0 Å². The molecule has 7 nitrogen and oxygen atoms in total. The molecule has 2 rings (SSSR count). The Morgan fingerprint density at radius 1 is 0.821 bits per heavy atom. The predicted octanol–water partition coefficient (Wildman–Crippen LogP) is 2.56. The van der Waals surface area contributed by atoms with Crippen LogP contribution in [-0.4, -0.2) is 82.9 Å². The fourth-order valence-corrected chi connectivity index (χ4v) is 3.59. The van der Waals surface area contributed by atoms with Crippen LogP contribution in [0.15, 0.2) is 4.99 Å². The van der Waals surface area contributed by atoms with Gasteiger partial charge in [-0.05, 0) is 61.3 Å². The van der Waals surface area contributed by atoms with Crippen LogP contribution >= 0.6 is 0 Å². The minimum absolute atomic E-state index is 0. The number of piperazine rings is 1. The number of piperidine rings is 1. The van der Waals surface area contributed by atoms with Crippen molar-refractivity contribution in [1.82, 2.24) is 14.7 Å². The summed E-state index contributed by atoms with van der Waals surface area (Å²) in [6.45, 7) is 21.7. The highest BCUT2D eigenvalue weighted by molar-refractivity contribution is 5.76. The average molecular weight is 398 g/mol. The van der Waals surface area contributed by atoms with E-state index in [1.807, 2.05) is 6.92 Å². The molecule has 5 N–H and O–H groups in total. The molecule has 0 amide bonds. The van der Waals surface area contributed by atoms with Crippen LogP contribution in [0.25, 0.3) is 0 Å². The van der Waals surface area contributed by atoms with E-state index in [0.717, 1.165) is 52.1 Å². The van der Waals surface area contributed by atoms with Gasteiger partial charge in [-0.3, -0.25) is 20.2 Å². The van der Waals surface area contributed by atoms with Crippen LogP contribution in [0.1, 0.15) is 68.7 Å². The summed E-state index contributed by atoms with van der Waals surface area (Å²) >= 11 is 0. The molecule has 0 bridgehead atoms. The molecule has 0 radical (unpaired) electrons. The Labute approximate surface area is 174 Å². The zero-order valence-corrected chi connectivity index (χ0v) is 18.7. The van der Waals surface area contributed by atoms with Gasteiger partial charge in [0.25, 0.3) is 0 Å². The van der Waals surface area contributed by atoms with Gasteiger partial charge in [-0.25, -0.2) is 0 Å². The minimum atomic E-state index is 0. The van der Waals surface area contributed by atoms with Crippen molar-refractivity contribution in [3.05, 3.63) is 0 Å². The Kier molecular flexibility index (Phi) is 10.5. The topological polar surface area (TPSA) is 98.0 Å². The van der Waals surface area contributed by atoms with Crippen molar-refractivity contribution in [3.63, 3.8) is 0 Å². The third-order valence-electron chi connectivity index (χ3n) is 5.45. The van der Waals surface area contributed by atoms with E-state index in [1.165, 1.54) is 0 Å². The summed E-state index contributed by atoms with van der Waals surface area (Å²) < 4.78 is 0. The molecule has 2 heterocycles. The molecule has 28 heavy (non-hydrogen) atoms. The Balaban J connectivity index is 0.000000504. The van der Waals surface area contributed by atoms with Crippen molar-refractivity contribution in [2.24, 2.45) is 16.5 Å². The highest BCUT2D eigenvalue weighted by Crippen LogP contribution is 2.21. The van der Waals surface area contributed by atoms with E-state index in [2.05, 4.69) is 61.2 Å². The van der Waals surface area contributed by atoms with Crippen molar-refractivity contribution in [2.75, 3.05) is 39.3 Å². The summed E-state index contributed by atoms with van der Waals surface area (Å²) in [6, 6.07) is 0.332. The average Bonchev–Trinajstić information content (AvgIpc) is 2.54. The Hall–Kier alpha value is -1.34. The number of guanidine groups is 1. The first-order valence-corrected chi connectivity index (χ1v) is 10.2. The molecule has 166 valence electrons. The lowest BCUT2D eigenvalue weighted by atomic mass is 9.98. The van der Waals surface area contributed by atoms with Gasteiger partial charge in [-0.2, -0.15) is 0 Å². The monoisotopic (exact) mass is 397 g/mol. The minimum Gasteiger partial charge on any atom is -0.370 e. The van der Waals surface area contributed by atoms with E-state index in [0.29, 0.717) is 11.9 Å². The number of likely N-dealkylation sites (tertiary alicyclic amines) is 1. The molecule has 7 heteroatoms. The van der Waals surface area contributed by atoms with E-state index in [9.17, 15) is 0 Å². The summed E-state index contributed by atoms with van der Waals surface area (Å²) in [4.78, 5) is 11.3. The second-order valence-electron chi connectivity index (χ2n) is 9.67. The largest absolute Gasteiger partial charge is 0.370 e. The Morgan fingerprint density at radius 3 is 1.54 bits per heavy atom. The molecular weight excluding hydrogens is 350 g/mol. The molecule has 0 aromatic heterocycles. The van der Waals surface area contributed by atoms with E-state index in [4.69, 9.17) is 16.9 Å². The smallest absolute Gasteiger partial charge is 0.186 e. The number of nitrogens with one attached hydrogen (secondary N) is 1. The van der Waals surface area contributed by atoms with Crippen LogP contribution in [0.2, 0.25) is 0 Å². The number of hydrogen-bond donors (Lipinski definition) is 3. The zero-order chi connectivity index (χ0) is 20.8. The Morgan fingerprint density at radius 2 is 1.21 bits per heavy atom. The molecule has 0 atom stereocenters. The van der Waals surface area contributed by atoms with Gasteiger partial charge in [0.05, 0.1) is 11.9 Å². The van der Waals surface area contributed by atoms with E-state index >= 15 is 0 Å². The molecule has 0 aliphatic carbocycles. The lowest BCUT2D eigenvalue weighted by Gasteiger charge is -2.42. The van der Waals surface area contributed by atoms with Gasteiger partial charge in [-0.1, -0.05) is 7.43 Å². The van der Waals surface area contributed by atoms with E-state index in [-0.39, 0.29) is 24.5 Å². The molecule has 2 aliphatic heterocycles. The van der Waals surface area contributed by atoms with Crippen LogP contribution in [0.3, 0.4) is 0 Å². The van der Waals surface area contributed by atoms with Gasteiger partial charge in [0.1, 0.15) is 0 Å². The third kappa shape index (κ3) is 9.24. The van der Waals surface area contributed by atoms with Gasteiger partial charge < -0.3 is 16.4 Å². The number of rotatable bonds is 1. The third-order valence-corrected chi connectivity index (χ3v) is 5.45. The SMILES string of the molecule is C.CC(=N)N1CCN(C(C)(C)C)CC1.CC(C)(C)N1CCC(N=C(N)N)CC1. The van der Waals surface area contributed by atoms with Crippen LogP contribution in [0, 0.1) is 5.41 Å². The lowest BCUT2D eigenvalue weighted by Crippen LogP contribution is -2.54. The number of aliphatic imine (C=N–C) groups is 1. The fraction of sp³-hybridized carbons (Fsp3) is 0.905. The standard InChI is InChI=1S/C10H22N4.C10H21N3.CH4/c1-10(2,3)14-6-4-8(5-7-14)13-9(11)12;1-9(11)12-5-7-13(8-6-12)10(2,3)4;/h8H,4-7H2,1-3H3,(H4,11,12,13);11H,5-8H2,1-4H3;1H4. The molecule has 0 aromatic carbocycles. The highest BCUT2D eigenvalue weighted by Gasteiger charge is 2.27. The van der Waals surface area contributed by atoms with Gasteiger partial charge in [0.15, 0.2) is 5.96 Å². The molecular formula is C21H47N7. The van der Waals surface area contributed by atoms with Crippen molar-refractivity contribution >= 4 is 11.8 Å². The first-order valence-electron chi connectivity index (χ1n) is 10.2. The zero-order valence-electron chi connectivity index (χ0n) is 18.7. The first kappa shape index (κ1) is 26.7. The van der Waals surface area contributed by atoms with Crippen LogP contribution < -0.4 is 11.5 Å². The van der Waals surface area contributed by atoms with Crippen LogP contribution in [-0.2, 0) is 0 Å². The molecule has 0 saturated carbocycles. The molecule has 2 saturated heterocycles. The van der Waals surface area contributed by atoms with Crippen molar-refractivity contribution in [3.8, 4) is 0 Å². The maximum absolute atomic E-state index is 7.52. The number of hydrogen-bond acceptors (Lipinski definition) is 4. The van der Waals surface area contributed by atoms with Gasteiger partial charge >= 0.3 is 0 Å². The summed E-state index contributed by atoms with van der Waals surface area (Å²) in [5.41, 5.74) is 11.3. The van der Waals surface area contributed by atoms with Crippen molar-refractivity contribution in [1.29, 1.82) is 5.41 Å². The van der Waals surface area contributed by atoms with Gasteiger partial charge in [-0.15, -0.1) is 0 Å². The molecule has 2 fully saturated rings. The summed E-state index contributed by atoms with van der Waals surface area (Å²) in [6.07, 6.45) is 2.13. The summed E-state index contributed by atoms with van der Waals surface area (Å²) in [7, 11) is 0. The Bertz CT molecular complexity index is 482. The lowest BCUT2D eigenvalue weighted by molar-refractivity contribution is 0.0878. The van der Waals surface area contributed by atoms with Crippen molar-refractivity contribution in [2.45, 2.75) is 85.9 Å². The summed E-state index contributed by atoms with van der Waals surface area (Å²) in [5.74, 6) is 0.924. The highest BCUT2D eigenvalue weighted by atomic mass is 15.3. The summed E-state index contributed by atoms with van der Waals surface area (Å²) in [5, 5.41) is 7.52. The van der Waals surface area contributed by atoms with Crippen LogP contribution in [0.4, 0.5) is 0 Å². The molecule has 0 spiro atoms. The number of amidine groups is 1. The fourth-order valence-electron chi connectivity index (χ4n) is 3.59. The quantitative estimate of drug-likeness (QED) is 0.466. The second kappa shape index (κ2) is 11.0.